The molecule has 4 nitrogen and oxygen atoms in total. The number of rotatable bonds is 3. The van der Waals surface area contributed by atoms with Gasteiger partial charge in [0.1, 0.15) is 0 Å². The number of aromatic nitrogens is 2. The van der Waals surface area contributed by atoms with Gasteiger partial charge in [-0.2, -0.15) is 0 Å². The molecule has 120 valence electrons. The Bertz CT molecular complexity index is 1110. The molecule has 4 rings (SSSR count). The van der Waals surface area contributed by atoms with Crippen LogP contribution in [0.15, 0.2) is 46.7 Å². The number of nitrogens with one attached hydrogen (secondary N) is 2. The summed E-state index contributed by atoms with van der Waals surface area (Å²) in [6.07, 6.45) is 0. The maximum atomic E-state index is 12.3. The highest BCUT2D eigenvalue weighted by atomic mass is 32.1. The van der Waals surface area contributed by atoms with Crippen molar-refractivity contribution in [3.05, 3.63) is 69.0 Å². The van der Waals surface area contributed by atoms with E-state index >= 15 is 0 Å². The molecule has 0 aliphatic carbocycles. The first-order valence-corrected chi connectivity index (χ1v) is 8.68. The molecular weight excluding hydrogens is 318 g/mol. The molecule has 2 heterocycles. The Morgan fingerprint density at radius 3 is 2.83 bits per heavy atom. The standard InChI is InChI=1S/C19H17N3OS/c1-11-5-13-7-14(19(23)22-17(13)6-12(11)2)9-20-15-3-4-16-18(8-15)24-10-21-16/h3-8,10,20H,9H2,1-2H3,(H,22,23). The minimum atomic E-state index is -0.0443. The fraction of sp³-hybridized carbons (Fsp3) is 0.158. The van der Waals surface area contributed by atoms with Gasteiger partial charge in [-0.3, -0.25) is 4.79 Å². The lowest BCUT2D eigenvalue weighted by Crippen LogP contribution is -2.15. The van der Waals surface area contributed by atoms with Crippen molar-refractivity contribution in [1.82, 2.24) is 9.97 Å². The van der Waals surface area contributed by atoms with E-state index in [2.05, 4.69) is 41.3 Å². The molecule has 0 spiro atoms. The summed E-state index contributed by atoms with van der Waals surface area (Å²) in [5.74, 6) is 0. The lowest BCUT2D eigenvalue weighted by Gasteiger charge is -2.09. The number of aryl methyl sites for hydroxylation is 2. The zero-order chi connectivity index (χ0) is 16.7. The molecule has 0 saturated heterocycles. The molecule has 0 atom stereocenters. The van der Waals surface area contributed by atoms with E-state index in [0.717, 1.165) is 32.4 Å². The average Bonchev–Trinajstić information content (AvgIpc) is 3.02. The number of hydrogen-bond acceptors (Lipinski definition) is 4. The second-order valence-corrected chi connectivity index (χ2v) is 6.92. The largest absolute Gasteiger partial charge is 0.381 e. The highest BCUT2D eigenvalue weighted by Crippen LogP contribution is 2.22. The van der Waals surface area contributed by atoms with E-state index in [1.165, 1.54) is 11.1 Å². The Balaban J connectivity index is 1.64. The number of anilines is 1. The van der Waals surface area contributed by atoms with Gasteiger partial charge < -0.3 is 10.3 Å². The molecule has 24 heavy (non-hydrogen) atoms. The van der Waals surface area contributed by atoms with Crippen molar-refractivity contribution < 1.29 is 0 Å². The molecule has 0 aliphatic rings. The second-order valence-electron chi connectivity index (χ2n) is 6.04. The van der Waals surface area contributed by atoms with Gasteiger partial charge in [-0.15, -0.1) is 11.3 Å². The molecule has 0 unspecified atom stereocenters. The summed E-state index contributed by atoms with van der Waals surface area (Å²) in [7, 11) is 0. The van der Waals surface area contributed by atoms with E-state index in [9.17, 15) is 4.79 Å². The van der Waals surface area contributed by atoms with Crippen LogP contribution in [0.4, 0.5) is 5.69 Å². The van der Waals surface area contributed by atoms with Crippen LogP contribution in [-0.2, 0) is 6.54 Å². The molecular formula is C19H17N3OS. The third kappa shape index (κ3) is 2.67. The van der Waals surface area contributed by atoms with Crippen LogP contribution in [0.25, 0.3) is 21.1 Å². The van der Waals surface area contributed by atoms with E-state index in [0.29, 0.717) is 6.54 Å². The quantitative estimate of drug-likeness (QED) is 0.584. The molecule has 5 heteroatoms. The topological polar surface area (TPSA) is 57.8 Å². The fourth-order valence-electron chi connectivity index (χ4n) is 2.82. The second kappa shape index (κ2) is 5.76. The van der Waals surface area contributed by atoms with Gasteiger partial charge in [0.2, 0.25) is 0 Å². The Hall–Kier alpha value is -2.66. The first-order valence-electron chi connectivity index (χ1n) is 7.80. The molecule has 0 saturated carbocycles. The van der Waals surface area contributed by atoms with E-state index in [4.69, 9.17) is 0 Å². The van der Waals surface area contributed by atoms with Crippen LogP contribution in [0.3, 0.4) is 0 Å². The lowest BCUT2D eigenvalue weighted by atomic mass is 10.0. The van der Waals surface area contributed by atoms with Gasteiger partial charge in [0, 0.05) is 23.3 Å². The molecule has 0 fully saturated rings. The molecule has 4 aromatic rings. The number of H-pyrrole nitrogens is 1. The predicted molar refractivity (Wildman–Crippen MR) is 101 cm³/mol. The number of hydrogen-bond donors (Lipinski definition) is 2. The van der Waals surface area contributed by atoms with Gasteiger partial charge >= 0.3 is 0 Å². The maximum Gasteiger partial charge on any atom is 0.253 e. The van der Waals surface area contributed by atoms with Crippen molar-refractivity contribution in [2.24, 2.45) is 0 Å². The number of fused-ring (bicyclic) bond motifs is 2. The van der Waals surface area contributed by atoms with E-state index in [1.54, 1.807) is 11.3 Å². The summed E-state index contributed by atoms with van der Waals surface area (Å²) in [5, 5.41) is 4.40. The van der Waals surface area contributed by atoms with Crippen molar-refractivity contribution in [3.63, 3.8) is 0 Å². The van der Waals surface area contributed by atoms with Crippen LogP contribution in [-0.4, -0.2) is 9.97 Å². The highest BCUT2D eigenvalue weighted by Gasteiger charge is 2.06. The first-order chi connectivity index (χ1) is 11.6. The van der Waals surface area contributed by atoms with Gasteiger partial charge in [0.15, 0.2) is 0 Å². The molecule has 0 radical (unpaired) electrons. The van der Waals surface area contributed by atoms with Gasteiger partial charge in [-0.25, -0.2) is 4.98 Å². The summed E-state index contributed by atoms with van der Waals surface area (Å²) < 4.78 is 1.14. The van der Waals surface area contributed by atoms with Crippen LogP contribution in [0.1, 0.15) is 16.7 Å². The van der Waals surface area contributed by atoms with Crippen molar-refractivity contribution >= 4 is 38.1 Å². The fourth-order valence-corrected chi connectivity index (χ4v) is 3.53. The zero-order valence-electron chi connectivity index (χ0n) is 13.5. The smallest absolute Gasteiger partial charge is 0.253 e. The van der Waals surface area contributed by atoms with E-state index in [1.807, 2.05) is 29.8 Å². The normalized spacial score (nSPS) is 11.2. The molecule has 2 aromatic carbocycles. The molecule has 0 aliphatic heterocycles. The van der Waals surface area contributed by atoms with Crippen LogP contribution in [0, 0.1) is 13.8 Å². The average molecular weight is 335 g/mol. The Labute approximate surface area is 143 Å². The minimum Gasteiger partial charge on any atom is -0.381 e. The molecule has 2 aromatic heterocycles. The van der Waals surface area contributed by atoms with Gasteiger partial charge in [0.05, 0.1) is 15.7 Å². The summed E-state index contributed by atoms with van der Waals surface area (Å²) >= 11 is 1.61. The van der Waals surface area contributed by atoms with Crippen molar-refractivity contribution in [2.45, 2.75) is 20.4 Å². The Morgan fingerprint density at radius 1 is 1.12 bits per heavy atom. The summed E-state index contributed by atoms with van der Waals surface area (Å²) in [6.45, 7) is 4.63. The molecule has 0 amide bonds. The van der Waals surface area contributed by atoms with Crippen LogP contribution in [0.5, 0.6) is 0 Å². The minimum absolute atomic E-state index is 0.0443. The van der Waals surface area contributed by atoms with Crippen molar-refractivity contribution in [2.75, 3.05) is 5.32 Å². The SMILES string of the molecule is Cc1cc2cc(CNc3ccc4ncsc4c3)c(=O)[nH]c2cc1C. The zero-order valence-corrected chi connectivity index (χ0v) is 14.3. The lowest BCUT2D eigenvalue weighted by molar-refractivity contribution is 1.09. The van der Waals surface area contributed by atoms with E-state index in [-0.39, 0.29) is 5.56 Å². The monoisotopic (exact) mass is 335 g/mol. The van der Waals surface area contributed by atoms with Crippen LogP contribution >= 0.6 is 11.3 Å². The van der Waals surface area contributed by atoms with E-state index < -0.39 is 0 Å². The summed E-state index contributed by atoms with van der Waals surface area (Å²) in [6, 6.07) is 12.2. The number of thiazole rings is 1. The number of aromatic amines is 1. The number of benzene rings is 2. The van der Waals surface area contributed by atoms with Gasteiger partial charge in [0.25, 0.3) is 5.56 Å². The maximum absolute atomic E-state index is 12.3. The predicted octanol–water partition coefficient (Wildman–Crippen LogP) is 4.37. The molecule has 0 bridgehead atoms. The van der Waals surface area contributed by atoms with Gasteiger partial charge in [-0.1, -0.05) is 0 Å². The van der Waals surface area contributed by atoms with Crippen LogP contribution < -0.4 is 10.9 Å². The number of pyridine rings is 1. The third-order valence-corrected chi connectivity index (χ3v) is 5.14. The van der Waals surface area contributed by atoms with Crippen molar-refractivity contribution in [1.29, 1.82) is 0 Å². The first kappa shape index (κ1) is 14.9. The Kier molecular flexibility index (Phi) is 3.58. The summed E-state index contributed by atoms with van der Waals surface area (Å²) in [5.41, 5.74) is 7.81. The summed E-state index contributed by atoms with van der Waals surface area (Å²) in [4.78, 5) is 19.6. The van der Waals surface area contributed by atoms with Crippen molar-refractivity contribution in [3.8, 4) is 0 Å². The van der Waals surface area contributed by atoms with Crippen LogP contribution in [0.2, 0.25) is 0 Å². The third-order valence-electron chi connectivity index (χ3n) is 4.35. The Morgan fingerprint density at radius 2 is 1.96 bits per heavy atom. The number of nitrogens with zero attached hydrogens (tertiary/aromatic N) is 1. The highest BCUT2D eigenvalue weighted by molar-refractivity contribution is 7.16. The van der Waals surface area contributed by atoms with Gasteiger partial charge in [-0.05, 0) is 66.8 Å². The molecule has 2 N–H and O–H groups in total.